The van der Waals surface area contributed by atoms with Crippen LogP contribution in [-0.4, -0.2) is 48.2 Å². The van der Waals surface area contributed by atoms with Crippen molar-refractivity contribution in [3.8, 4) is 0 Å². The van der Waals surface area contributed by atoms with Crippen molar-refractivity contribution < 1.29 is 29.7 Å². The van der Waals surface area contributed by atoms with E-state index in [-0.39, 0.29) is 35.9 Å². The molecule has 2 aromatic rings. The Bertz CT molecular complexity index is 733. The van der Waals surface area contributed by atoms with Gasteiger partial charge in [0.25, 0.3) is 0 Å². The second-order valence-electron chi connectivity index (χ2n) is 4.78. The minimum atomic E-state index is -1.26. The zero-order valence-electron chi connectivity index (χ0n) is 12.3. The Morgan fingerprint density at radius 2 is 1.21 bits per heavy atom. The fourth-order valence-electron chi connectivity index (χ4n) is 1.96. The fourth-order valence-corrected chi connectivity index (χ4v) is 1.96. The third-order valence-corrected chi connectivity index (χ3v) is 3.03. The van der Waals surface area contributed by atoms with Crippen LogP contribution in [0.25, 0.3) is 0 Å². The van der Waals surface area contributed by atoms with Crippen molar-refractivity contribution in [3.63, 3.8) is 0 Å². The van der Waals surface area contributed by atoms with Gasteiger partial charge in [0, 0.05) is 0 Å². The molecule has 0 unspecified atom stereocenters. The van der Waals surface area contributed by atoms with Crippen LogP contribution in [0, 0.1) is 0 Å². The molecule has 0 spiro atoms. The minimum absolute atomic E-state index is 0.157. The van der Waals surface area contributed by atoms with E-state index >= 15 is 0 Å². The summed E-state index contributed by atoms with van der Waals surface area (Å²) in [4.78, 5) is 41.9. The van der Waals surface area contributed by atoms with E-state index < -0.39 is 18.0 Å². The molecule has 0 saturated carbocycles. The van der Waals surface area contributed by atoms with Gasteiger partial charge in [-0.25, -0.2) is 24.4 Å². The molecule has 0 aliphatic rings. The van der Waals surface area contributed by atoms with Gasteiger partial charge in [-0.3, -0.25) is 4.90 Å². The molecule has 9 nitrogen and oxygen atoms in total. The van der Waals surface area contributed by atoms with Gasteiger partial charge in [0.1, 0.15) is 11.4 Å². The number of aromatic carboxylic acids is 2. The number of rotatable bonds is 6. The number of carboxylic acid groups (broad SMARTS) is 3. The topological polar surface area (TPSA) is 141 Å². The van der Waals surface area contributed by atoms with Crippen molar-refractivity contribution in [2.75, 3.05) is 0 Å². The highest BCUT2D eigenvalue weighted by atomic mass is 16.4. The van der Waals surface area contributed by atoms with E-state index in [1.807, 2.05) is 0 Å². The molecular formula is C15H13N3O6. The van der Waals surface area contributed by atoms with Crippen LogP contribution >= 0.6 is 0 Å². The standard InChI is InChI=1S/C15H13N3O6/c19-13(20)11-5-1-3-9(16-11)7-18(15(23)24)8-10-4-2-6-12(17-10)14(21)22/h1-6H,7-8H2,(H,19,20)(H,21,22)(H,23,24). The first-order valence-corrected chi connectivity index (χ1v) is 6.73. The highest BCUT2D eigenvalue weighted by Gasteiger charge is 2.16. The number of pyridine rings is 2. The van der Waals surface area contributed by atoms with Crippen LogP contribution < -0.4 is 0 Å². The molecule has 0 radical (unpaired) electrons. The van der Waals surface area contributed by atoms with E-state index in [1.165, 1.54) is 36.4 Å². The van der Waals surface area contributed by atoms with E-state index in [9.17, 15) is 19.5 Å². The third kappa shape index (κ3) is 4.26. The normalized spacial score (nSPS) is 10.2. The summed E-state index contributed by atoms with van der Waals surface area (Å²) in [5.74, 6) is -2.43. The average Bonchev–Trinajstić information content (AvgIpc) is 2.54. The van der Waals surface area contributed by atoms with Gasteiger partial charge in [-0.15, -0.1) is 0 Å². The summed E-state index contributed by atoms with van der Waals surface area (Å²) in [6.07, 6.45) is -1.26. The van der Waals surface area contributed by atoms with Gasteiger partial charge in [-0.05, 0) is 24.3 Å². The molecule has 1 amide bonds. The van der Waals surface area contributed by atoms with Crippen molar-refractivity contribution in [2.24, 2.45) is 0 Å². The van der Waals surface area contributed by atoms with E-state index in [1.54, 1.807) is 0 Å². The molecule has 2 heterocycles. The molecule has 0 atom stereocenters. The van der Waals surface area contributed by atoms with Crippen LogP contribution in [0.3, 0.4) is 0 Å². The molecule has 0 aliphatic heterocycles. The van der Waals surface area contributed by atoms with Crippen LogP contribution in [0.5, 0.6) is 0 Å². The number of hydrogen-bond donors (Lipinski definition) is 3. The molecule has 0 aromatic carbocycles. The smallest absolute Gasteiger partial charge is 0.408 e. The lowest BCUT2D eigenvalue weighted by atomic mass is 10.2. The molecule has 9 heteroatoms. The molecule has 3 N–H and O–H groups in total. The van der Waals surface area contributed by atoms with Gasteiger partial charge in [0.15, 0.2) is 0 Å². The lowest BCUT2D eigenvalue weighted by molar-refractivity contribution is 0.0679. The summed E-state index contributed by atoms with van der Waals surface area (Å²) >= 11 is 0. The fraction of sp³-hybridized carbons (Fsp3) is 0.133. The summed E-state index contributed by atoms with van der Waals surface area (Å²) < 4.78 is 0. The molecule has 0 aliphatic carbocycles. The van der Waals surface area contributed by atoms with Gasteiger partial charge < -0.3 is 15.3 Å². The van der Waals surface area contributed by atoms with Crippen molar-refractivity contribution in [1.82, 2.24) is 14.9 Å². The van der Waals surface area contributed by atoms with Crippen LogP contribution in [0.1, 0.15) is 32.4 Å². The predicted octanol–water partition coefficient (Wildman–Crippen LogP) is 1.55. The lowest BCUT2D eigenvalue weighted by Gasteiger charge is -2.18. The number of amides is 1. The summed E-state index contributed by atoms with van der Waals surface area (Å²) in [7, 11) is 0. The van der Waals surface area contributed by atoms with E-state index in [0.717, 1.165) is 4.90 Å². The molecule has 0 saturated heterocycles. The second kappa shape index (κ2) is 7.18. The Kier molecular flexibility index (Phi) is 5.05. The monoisotopic (exact) mass is 331 g/mol. The summed E-state index contributed by atoms with van der Waals surface area (Å²) in [6, 6.07) is 8.54. The summed E-state index contributed by atoms with van der Waals surface area (Å²) in [6.45, 7) is -0.315. The van der Waals surface area contributed by atoms with Crippen LogP contribution in [0.4, 0.5) is 4.79 Å². The molecule has 2 rings (SSSR count). The van der Waals surface area contributed by atoms with Crippen LogP contribution in [0.2, 0.25) is 0 Å². The maximum Gasteiger partial charge on any atom is 0.408 e. The molecule has 2 aromatic heterocycles. The van der Waals surface area contributed by atoms with Crippen LogP contribution in [0.15, 0.2) is 36.4 Å². The second-order valence-corrected chi connectivity index (χ2v) is 4.78. The van der Waals surface area contributed by atoms with Crippen molar-refractivity contribution in [3.05, 3.63) is 59.2 Å². The van der Waals surface area contributed by atoms with Crippen LogP contribution in [-0.2, 0) is 13.1 Å². The minimum Gasteiger partial charge on any atom is -0.477 e. The van der Waals surface area contributed by atoms with Gasteiger partial charge >= 0.3 is 18.0 Å². The largest absolute Gasteiger partial charge is 0.477 e. The first-order chi connectivity index (χ1) is 11.4. The lowest BCUT2D eigenvalue weighted by Crippen LogP contribution is -2.29. The van der Waals surface area contributed by atoms with E-state index in [2.05, 4.69) is 9.97 Å². The number of nitrogens with zero attached hydrogens (tertiary/aromatic N) is 3. The highest BCUT2D eigenvalue weighted by Crippen LogP contribution is 2.09. The number of carboxylic acids is 2. The Morgan fingerprint density at radius 3 is 1.54 bits per heavy atom. The molecule has 124 valence electrons. The van der Waals surface area contributed by atoms with Crippen molar-refractivity contribution in [2.45, 2.75) is 13.1 Å². The third-order valence-electron chi connectivity index (χ3n) is 3.03. The summed E-state index contributed by atoms with van der Waals surface area (Å²) in [5.41, 5.74) is 0.131. The number of aromatic nitrogens is 2. The molecule has 24 heavy (non-hydrogen) atoms. The maximum absolute atomic E-state index is 11.4. The number of carbonyl (C=O) groups is 3. The van der Waals surface area contributed by atoms with Gasteiger partial charge in [-0.2, -0.15) is 0 Å². The first-order valence-electron chi connectivity index (χ1n) is 6.73. The zero-order valence-corrected chi connectivity index (χ0v) is 12.3. The quantitative estimate of drug-likeness (QED) is 0.724. The van der Waals surface area contributed by atoms with E-state index in [4.69, 9.17) is 10.2 Å². The zero-order chi connectivity index (χ0) is 17.7. The van der Waals surface area contributed by atoms with Gasteiger partial charge in [0.05, 0.1) is 24.5 Å². The Morgan fingerprint density at radius 1 is 0.792 bits per heavy atom. The van der Waals surface area contributed by atoms with E-state index in [0.29, 0.717) is 0 Å². The summed E-state index contributed by atoms with van der Waals surface area (Å²) in [5, 5.41) is 27.1. The SMILES string of the molecule is O=C(O)c1cccc(CN(Cc2cccc(C(=O)O)n2)C(=O)O)n1. The maximum atomic E-state index is 11.4. The van der Waals surface area contributed by atoms with Crippen molar-refractivity contribution >= 4 is 18.0 Å². The van der Waals surface area contributed by atoms with Gasteiger partial charge in [0.2, 0.25) is 0 Å². The predicted molar refractivity (Wildman–Crippen MR) is 79.7 cm³/mol. The van der Waals surface area contributed by atoms with Crippen molar-refractivity contribution in [1.29, 1.82) is 0 Å². The highest BCUT2D eigenvalue weighted by molar-refractivity contribution is 5.85. The Labute approximate surface area is 135 Å². The molecule has 0 fully saturated rings. The first kappa shape index (κ1) is 16.9. The molecule has 0 bridgehead atoms. The molecular weight excluding hydrogens is 318 g/mol. The Hall–Kier alpha value is -3.49. The average molecular weight is 331 g/mol. The Balaban J connectivity index is 2.20. The van der Waals surface area contributed by atoms with Gasteiger partial charge in [-0.1, -0.05) is 12.1 Å². The number of hydrogen-bond acceptors (Lipinski definition) is 5.